The van der Waals surface area contributed by atoms with Gasteiger partial charge in [-0.2, -0.15) is 4.57 Å². The molecule has 0 spiro atoms. The van der Waals surface area contributed by atoms with Crippen LogP contribution in [0.3, 0.4) is 0 Å². The van der Waals surface area contributed by atoms with Crippen LogP contribution in [0.2, 0.25) is 0 Å². The summed E-state index contributed by atoms with van der Waals surface area (Å²) in [5, 5.41) is 0. The molecule has 0 saturated carbocycles. The van der Waals surface area contributed by atoms with Crippen LogP contribution in [0.5, 0.6) is 0 Å². The van der Waals surface area contributed by atoms with Crippen molar-refractivity contribution < 1.29 is 4.57 Å². The average Bonchev–Trinajstić information content (AvgIpc) is 3.76. The van der Waals surface area contributed by atoms with Crippen LogP contribution in [0.1, 0.15) is 177 Å². The molecule has 3 unspecified atom stereocenters. The summed E-state index contributed by atoms with van der Waals surface area (Å²) in [6, 6.07) is 30.8. The Labute approximate surface area is 345 Å². The Morgan fingerprint density at radius 2 is 1.23 bits per heavy atom. The van der Waals surface area contributed by atoms with Gasteiger partial charge >= 0.3 is 0 Å². The zero-order valence-corrected chi connectivity index (χ0v) is 37.6. The van der Waals surface area contributed by atoms with Crippen molar-refractivity contribution in [2.75, 3.05) is 11.9 Å². The number of anilines is 1. The van der Waals surface area contributed by atoms with Crippen molar-refractivity contribution in [1.82, 2.24) is 9.05 Å². The van der Waals surface area contributed by atoms with Gasteiger partial charge in [-0.3, -0.25) is 4.90 Å². The van der Waals surface area contributed by atoms with Crippen LogP contribution >= 0.6 is 0 Å². The molecule has 4 heteroatoms. The van der Waals surface area contributed by atoms with Crippen LogP contribution in [0.15, 0.2) is 104 Å². The standard InChI is InChI=1S/C53H70N4/c1-15-53(16-2)47-26-19-17-22-43(47)52-55(50-45(37(9)10)32-40(34(3)4)33-46(50)38(11)12)28-29-56(52)51(53)44-23-18-20-27-48(44)57(14)31-30-54(39(57)13)49-41(35(5)6)24-21-25-42(49)36(7)8/h17-39,51H,15-16H2,1-14H3/q+2. The minimum atomic E-state index is -0.111. The first-order chi connectivity index (χ1) is 27.1. The first-order valence-electron chi connectivity index (χ1n) is 22.1. The minimum absolute atomic E-state index is 0.0913. The van der Waals surface area contributed by atoms with Crippen molar-refractivity contribution in [3.8, 4) is 17.1 Å². The fraction of sp³-hybridized carbons (Fsp3) is 0.453. The largest absolute Gasteiger partial charge is 0.294 e. The van der Waals surface area contributed by atoms with E-state index < -0.39 is 0 Å². The fourth-order valence-corrected chi connectivity index (χ4v) is 10.5. The summed E-state index contributed by atoms with van der Waals surface area (Å²) in [4.78, 5) is 2.58. The van der Waals surface area contributed by atoms with Crippen molar-refractivity contribution in [2.24, 2.45) is 0 Å². The van der Waals surface area contributed by atoms with Crippen LogP contribution in [0.25, 0.3) is 17.1 Å². The smallest absolute Gasteiger partial charge is 0.292 e. The van der Waals surface area contributed by atoms with E-state index in [0.717, 1.165) is 12.8 Å². The molecular formula is C53H70N4+2. The van der Waals surface area contributed by atoms with Gasteiger partial charge in [0.25, 0.3) is 5.82 Å². The predicted molar refractivity (Wildman–Crippen MR) is 244 cm³/mol. The van der Waals surface area contributed by atoms with Crippen molar-refractivity contribution in [2.45, 2.75) is 150 Å². The molecule has 0 bridgehead atoms. The zero-order chi connectivity index (χ0) is 41.1. The molecule has 4 aromatic carbocycles. The number of hydrogen-bond acceptors (Lipinski definition) is 1. The predicted octanol–water partition coefficient (Wildman–Crippen LogP) is 14.0. The lowest BCUT2D eigenvalue weighted by Gasteiger charge is -2.44. The molecule has 2 aliphatic heterocycles. The molecule has 2 aliphatic rings. The molecule has 0 amide bonds. The Morgan fingerprint density at radius 3 is 1.79 bits per heavy atom. The van der Waals surface area contributed by atoms with Crippen molar-refractivity contribution in [3.05, 3.63) is 143 Å². The van der Waals surface area contributed by atoms with Gasteiger partial charge in [-0.15, -0.1) is 0 Å². The minimum Gasteiger partial charge on any atom is -0.292 e. The highest BCUT2D eigenvalue weighted by molar-refractivity contribution is 5.71. The SMILES string of the molecule is CCC1(CC)c2ccccc2-c2n(-c3c(C(C)C)cc(C(C)C)cc3C(C)C)cc[n+]2C1c1ccccc1[N+]1(C)C=CN(c2c(C(C)C)cccc2C(C)C)C1C. The lowest BCUT2D eigenvalue weighted by molar-refractivity contribution is -0.714. The second kappa shape index (κ2) is 15.4. The number of hydrogen-bond donors (Lipinski definition) is 0. The number of quaternary nitrogens is 1. The number of rotatable bonds is 11. The number of para-hydroxylation sites is 2. The highest BCUT2D eigenvalue weighted by Gasteiger charge is 2.54. The maximum Gasteiger partial charge on any atom is 0.294 e. The normalized spacial score (nSPS) is 20.1. The highest BCUT2D eigenvalue weighted by Crippen LogP contribution is 2.53. The Morgan fingerprint density at radius 1 is 0.667 bits per heavy atom. The Hall–Kier alpha value is -4.41. The third kappa shape index (κ3) is 6.42. The van der Waals surface area contributed by atoms with Crippen LogP contribution in [0.4, 0.5) is 11.4 Å². The second-order valence-corrected chi connectivity index (χ2v) is 18.9. The quantitative estimate of drug-likeness (QED) is 0.0964. The number of fused-ring (bicyclic) bond motifs is 3. The van der Waals surface area contributed by atoms with Crippen LogP contribution in [0, 0.1) is 0 Å². The van der Waals surface area contributed by atoms with Gasteiger partial charge in [-0.25, -0.2) is 9.05 Å². The summed E-state index contributed by atoms with van der Waals surface area (Å²) in [5.41, 5.74) is 15.3. The van der Waals surface area contributed by atoms with E-state index in [1.807, 2.05) is 0 Å². The van der Waals surface area contributed by atoms with Gasteiger partial charge in [-0.05, 0) is 76.8 Å². The van der Waals surface area contributed by atoms with Gasteiger partial charge in [-0.1, -0.05) is 144 Å². The van der Waals surface area contributed by atoms with E-state index in [9.17, 15) is 0 Å². The molecule has 7 rings (SSSR count). The molecule has 3 atom stereocenters. The third-order valence-electron chi connectivity index (χ3n) is 14.0. The fourth-order valence-electron chi connectivity index (χ4n) is 10.5. The van der Waals surface area contributed by atoms with Gasteiger partial charge in [0.2, 0.25) is 0 Å². The van der Waals surface area contributed by atoms with E-state index in [1.54, 1.807) is 0 Å². The number of imidazole rings is 1. The van der Waals surface area contributed by atoms with Crippen molar-refractivity contribution >= 4 is 11.4 Å². The lowest BCUT2D eigenvalue weighted by Crippen LogP contribution is -2.57. The van der Waals surface area contributed by atoms with Crippen molar-refractivity contribution in [3.63, 3.8) is 0 Å². The zero-order valence-electron chi connectivity index (χ0n) is 37.6. The van der Waals surface area contributed by atoms with Crippen LogP contribution in [-0.2, 0) is 5.41 Å². The van der Waals surface area contributed by atoms with E-state index in [4.69, 9.17) is 0 Å². The Balaban J connectivity index is 1.48. The maximum absolute atomic E-state index is 2.68. The summed E-state index contributed by atoms with van der Waals surface area (Å²) in [6.45, 7) is 30.7. The topological polar surface area (TPSA) is 12.0 Å². The monoisotopic (exact) mass is 763 g/mol. The number of nitrogens with zero attached hydrogens (tertiary/aromatic N) is 4. The van der Waals surface area contributed by atoms with E-state index >= 15 is 0 Å². The summed E-state index contributed by atoms with van der Waals surface area (Å²) in [5.74, 6) is 3.37. The molecule has 300 valence electrons. The molecule has 3 heterocycles. The summed E-state index contributed by atoms with van der Waals surface area (Å²) in [6.07, 6.45) is 11.9. The first-order valence-corrected chi connectivity index (χ1v) is 22.1. The third-order valence-corrected chi connectivity index (χ3v) is 14.0. The van der Waals surface area contributed by atoms with Gasteiger partial charge in [0.1, 0.15) is 36.0 Å². The van der Waals surface area contributed by atoms with Crippen molar-refractivity contribution in [1.29, 1.82) is 0 Å². The molecule has 0 N–H and O–H groups in total. The average molecular weight is 763 g/mol. The molecule has 57 heavy (non-hydrogen) atoms. The van der Waals surface area contributed by atoms with Crippen LogP contribution < -0.4 is 14.0 Å². The number of aromatic nitrogens is 2. The molecule has 5 aromatic rings. The molecular weight excluding hydrogens is 693 g/mol. The van der Waals surface area contributed by atoms with E-state index in [1.165, 1.54) is 67.4 Å². The summed E-state index contributed by atoms with van der Waals surface area (Å²) >= 11 is 0. The molecule has 0 fully saturated rings. The Bertz CT molecular complexity index is 2220. The molecule has 1 aromatic heterocycles. The molecule has 0 saturated heterocycles. The van der Waals surface area contributed by atoms with Gasteiger partial charge in [0, 0.05) is 29.5 Å². The van der Waals surface area contributed by atoms with Gasteiger partial charge in [0.15, 0.2) is 6.17 Å². The van der Waals surface area contributed by atoms with E-state index in [0.29, 0.717) is 34.1 Å². The van der Waals surface area contributed by atoms with E-state index in [2.05, 4.69) is 215 Å². The second-order valence-electron chi connectivity index (χ2n) is 18.9. The number of benzene rings is 4. The maximum atomic E-state index is 2.68. The van der Waals surface area contributed by atoms with Gasteiger partial charge in [0.05, 0.1) is 30.1 Å². The Kier molecular flexibility index (Phi) is 11.0. The van der Waals surface area contributed by atoms with E-state index in [-0.39, 0.29) is 17.6 Å². The van der Waals surface area contributed by atoms with Gasteiger partial charge < -0.3 is 0 Å². The first kappa shape index (κ1) is 40.8. The molecule has 0 radical (unpaired) electrons. The summed E-state index contributed by atoms with van der Waals surface area (Å²) in [7, 11) is 2.43. The lowest BCUT2D eigenvalue weighted by atomic mass is 9.64. The van der Waals surface area contributed by atoms with Crippen LogP contribution in [-0.4, -0.2) is 17.8 Å². The molecule has 0 aliphatic carbocycles. The summed E-state index contributed by atoms with van der Waals surface area (Å²) < 4.78 is 5.95. The highest BCUT2D eigenvalue weighted by atomic mass is 15.5. The molecule has 4 nitrogen and oxygen atoms in total.